The summed E-state index contributed by atoms with van der Waals surface area (Å²) in [4.78, 5) is 15.2. The largest absolute Gasteiger partial charge is 0.455 e. The highest BCUT2D eigenvalue weighted by molar-refractivity contribution is 6.17. The number of benzene rings is 8. The van der Waals surface area contributed by atoms with Gasteiger partial charge in [0.15, 0.2) is 17.5 Å². The van der Waals surface area contributed by atoms with Crippen LogP contribution in [0, 0.1) is 0 Å². The summed E-state index contributed by atoms with van der Waals surface area (Å²) in [6, 6.07) is 61.0. The Kier molecular flexibility index (Phi) is 6.78. The second-order valence-electron chi connectivity index (χ2n) is 12.8. The van der Waals surface area contributed by atoms with Gasteiger partial charge in [0, 0.05) is 33.0 Å². The highest BCUT2D eigenvalue weighted by Gasteiger charge is 2.20. The molecule has 0 spiro atoms. The fourth-order valence-electron chi connectivity index (χ4n) is 7.23. The lowest BCUT2D eigenvalue weighted by Gasteiger charge is -2.14. The Hall–Kier alpha value is -6.91. The van der Waals surface area contributed by atoms with Crippen LogP contribution in [0.5, 0.6) is 0 Å². The molecule has 0 amide bonds. The molecule has 0 fully saturated rings. The molecule has 0 bridgehead atoms. The first-order valence-electron chi connectivity index (χ1n) is 17.1. The van der Waals surface area contributed by atoms with Crippen molar-refractivity contribution in [2.24, 2.45) is 0 Å². The van der Waals surface area contributed by atoms with E-state index in [0.717, 1.165) is 65.9 Å². The molecule has 4 heteroatoms. The summed E-state index contributed by atoms with van der Waals surface area (Å²) in [5.41, 5.74) is 8.88. The topological polar surface area (TPSA) is 51.8 Å². The Morgan fingerprint density at radius 3 is 1.43 bits per heavy atom. The summed E-state index contributed by atoms with van der Waals surface area (Å²) in [5, 5.41) is 6.70. The molecule has 0 radical (unpaired) electrons. The first kappa shape index (κ1) is 29.0. The number of aromatic nitrogens is 3. The zero-order valence-electron chi connectivity index (χ0n) is 27.5. The van der Waals surface area contributed by atoms with E-state index in [-0.39, 0.29) is 0 Å². The van der Waals surface area contributed by atoms with Crippen molar-refractivity contribution in [1.82, 2.24) is 15.0 Å². The van der Waals surface area contributed by atoms with Crippen LogP contribution in [0.25, 0.3) is 99.9 Å². The first-order valence-corrected chi connectivity index (χ1v) is 17.1. The molecular weight excluding hydrogens is 623 g/mol. The van der Waals surface area contributed by atoms with Gasteiger partial charge >= 0.3 is 0 Å². The Bertz CT molecular complexity index is 2840. The van der Waals surface area contributed by atoms with Gasteiger partial charge in [0.2, 0.25) is 0 Å². The maximum Gasteiger partial charge on any atom is 0.164 e. The fourth-order valence-corrected chi connectivity index (χ4v) is 7.23. The van der Waals surface area contributed by atoms with Crippen molar-refractivity contribution in [3.05, 3.63) is 176 Å². The molecule has 8 aromatic carbocycles. The van der Waals surface area contributed by atoms with E-state index in [9.17, 15) is 0 Å². The Morgan fingerprint density at radius 1 is 0.314 bits per heavy atom. The maximum atomic E-state index is 6.83. The minimum absolute atomic E-state index is 0.603. The summed E-state index contributed by atoms with van der Waals surface area (Å²) in [6.45, 7) is 0. The Morgan fingerprint density at radius 2 is 0.804 bits per heavy atom. The minimum atomic E-state index is 0.603. The monoisotopic (exact) mass is 651 g/mol. The van der Waals surface area contributed by atoms with Gasteiger partial charge in [-0.1, -0.05) is 152 Å². The second kappa shape index (κ2) is 11.9. The van der Waals surface area contributed by atoms with Crippen LogP contribution in [-0.2, 0) is 0 Å². The molecule has 51 heavy (non-hydrogen) atoms. The van der Waals surface area contributed by atoms with Crippen LogP contribution in [0.3, 0.4) is 0 Å². The molecule has 0 aliphatic heterocycles. The minimum Gasteiger partial charge on any atom is -0.455 e. The van der Waals surface area contributed by atoms with E-state index in [4.69, 9.17) is 19.4 Å². The van der Waals surface area contributed by atoms with Crippen molar-refractivity contribution in [3.63, 3.8) is 0 Å². The number of hydrogen-bond acceptors (Lipinski definition) is 4. The Labute approximate surface area is 294 Å². The van der Waals surface area contributed by atoms with Gasteiger partial charge in [-0.2, -0.15) is 0 Å². The van der Waals surface area contributed by atoms with Gasteiger partial charge < -0.3 is 4.42 Å². The maximum absolute atomic E-state index is 6.83. The lowest BCUT2D eigenvalue weighted by atomic mass is 9.90. The van der Waals surface area contributed by atoms with E-state index >= 15 is 0 Å². The number of furan rings is 1. The number of nitrogens with zero attached hydrogens (tertiary/aromatic N) is 3. The number of rotatable bonds is 5. The van der Waals surface area contributed by atoms with Crippen LogP contribution < -0.4 is 0 Å². The quantitative estimate of drug-likeness (QED) is 0.186. The van der Waals surface area contributed by atoms with E-state index in [2.05, 4.69) is 115 Å². The molecule has 2 aromatic heterocycles. The number of hydrogen-bond donors (Lipinski definition) is 0. The summed E-state index contributed by atoms with van der Waals surface area (Å²) < 4.78 is 6.83. The molecule has 0 saturated carbocycles. The van der Waals surface area contributed by atoms with Gasteiger partial charge in [0.25, 0.3) is 0 Å². The van der Waals surface area contributed by atoms with E-state index in [1.54, 1.807) is 0 Å². The molecule has 0 atom stereocenters. The third kappa shape index (κ3) is 5.04. The summed E-state index contributed by atoms with van der Waals surface area (Å²) >= 11 is 0. The third-order valence-electron chi connectivity index (χ3n) is 9.70. The van der Waals surface area contributed by atoms with Crippen LogP contribution in [0.15, 0.2) is 180 Å². The lowest BCUT2D eigenvalue weighted by Crippen LogP contribution is -2.00. The summed E-state index contributed by atoms with van der Waals surface area (Å²) in [7, 11) is 0. The van der Waals surface area contributed by atoms with Crippen LogP contribution in [0.1, 0.15) is 0 Å². The van der Waals surface area contributed by atoms with E-state index in [0.29, 0.717) is 17.5 Å². The number of fused-ring (bicyclic) bond motifs is 5. The molecule has 4 nitrogen and oxygen atoms in total. The SMILES string of the molecule is c1ccc(-c2nc(-c3ccccc3)nc(-c3cc(-c4ccc(-c5ccccc5)c5ccccc45)c4oc5cc6ccccc6cc5c4c3)n2)cc1. The predicted octanol–water partition coefficient (Wildman–Crippen LogP) is 12.4. The van der Waals surface area contributed by atoms with Crippen LogP contribution in [0.2, 0.25) is 0 Å². The third-order valence-corrected chi connectivity index (χ3v) is 9.70. The van der Waals surface area contributed by atoms with Gasteiger partial charge in [0.05, 0.1) is 0 Å². The summed E-state index contributed by atoms with van der Waals surface area (Å²) in [5.74, 6) is 1.86. The van der Waals surface area contributed by atoms with Crippen LogP contribution >= 0.6 is 0 Å². The highest BCUT2D eigenvalue weighted by atomic mass is 16.3. The molecule has 0 unspecified atom stereocenters. The molecule has 10 aromatic rings. The molecule has 0 aliphatic carbocycles. The van der Waals surface area contributed by atoms with Gasteiger partial charge in [-0.25, -0.2) is 15.0 Å². The zero-order chi connectivity index (χ0) is 33.7. The zero-order valence-corrected chi connectivity index (χ0v) is 27.5. The van der Waals surface area contributed by atoms with E-state index in [1.807, 2.05) is 60.7 Å². The predicted molar refractivity (Wildman–Crippen MR) is 209 cm³/mol. The lowest BCUT2D eigenvalue weighted by molar-refractivity contribution is 0.670. The standard InChI is InChI=1S/C47H29N3O/c1-4-14-30(15-5-1)36-24-25-39(38-23-13-12-22-37(36)38)41-27-35(28-42-40-26-33-20-10-11-21-34(33)29-43(40)51-44(41)42)47-49-45(31-16-6-2-7-17-31)48-46(50-47)32-18-8-3-9-19-32/h1-29H. The van der Waals surface area contributed by atoms with Gasteiger partial charge in [-0.15, -0.1) is 0 Å². The van der Waals surface area contributed by atoms with Crippen molar-refractivity contribution in [1.29, 1.82) is 0 Å². The van der Waals surface area contributed by atoms with E-state index in [1.165, 1.54) is 16.5 Å². The average Bonchev–Trinajstić information content (AvgIpc) is 3.57. The van der Waals surface area contributed by atoms with Crippen molar-refractivity contribution in [3.8, 4) is 56.4 Å². The van der Waals surface area contributed by atoms with E-state index < -0.39 is 0 Å². The van der Waals surface area contributed by atoms with Crippen molar-refractivity contribution < 1.29 is 4.42 Å². The molecule has 0 N–H and O–H groups in total. The van der Waals surface area contributed by atoms with Crippen molar-refractivity contribution in [2.75, 3.05) is 0 Å². The normalized spacial score (nSPS) is 11.5. The highest BCUT2D eigenvalue weighted by Crippen LogP contribution is 2.44. The molecule has 0 saturated heterocycles. The Balaban J connectivity index is 1.28. The van der Waals surface area contributed by atoms with Crippen molar-refractivity contribution >= 4 is 43.5 Å². The van der Waals surface area contributed by atoms with Gasteiger partial charge in [-0.05, 0) is 62.5 Å². The van der Waals surface area contributed by atoms with Crippen LogP contribution in [-0.4, -0.2) is 15.0 Å². The van der Waals surface area contributed by atoms with Gasteiger partial charge in [0.1, 0.15) is 11.2 Å². The molecule has 0 aliphatic rings. The van der Waals surface area contributed by atoms with Gasteiger partial charge in [-0.3, -0.25) is 0 Å². The molecule has 238 valence electrons. The summed E-state index contributed by atoms with van der Waals surface area (Å²) in [6.07, 6.45) is 0. The first-order chi connectivity index (χ1) is 25.3. The molecule has 2 heterocycles. The second-order valence-corrected chi connectivity index (χ2v) is 12.8. The smallest absolute Gasteiger partial charge is 0.164 e. The molecular formula is C47H29N3O. The molecule has 10 rings (SSSR count). The fraction of sp³-hybridized carbons (Fsp3) is 0. The van der Waals surface area contributed by atoms with Crippen LogP contribution in [0.4, 0.5) is 0 Å². The van der Waals surface area contributed by atoms with Crippen molar-refractivity contribution in [2.45, 2.75) is 0 Å². The average molecular weight is 652 g/mol.